The van der Waals surface area contributed by atoms with Gasteiger partial charge in [0, 0.05) is 37.4 Å². The Kier molecular flexibility index (Phi) is 4.00. The average Bonchev–Trinajstić information content (AvgIpc) is 3.34. The number of rotatable bonds is 5. The molecule has 0 spiro atoms. The zero-order valence-corrected chi connectivity index (χ0v) is 14.5. The van der Waals surface area contributed by atoms with Crippen LogP contribution in [0, 0.1) is 0 Å². The highest BCUT2D eigenvalue weighted by atomic mass is 16.5. The van der Waals surface area contributed by atoms with E-state index in [2.05, 4.69) is 20.6 Å². The summed E-state index contributed by atoms with van der Waals surface area (Å²) in [6, 6.07) is 8.02. The topological polar surface area (TPSA) is 90.8 Å². The van der Waals surface area contributed by atoms with Crippen molar-refractivity contribution in [1.82, 2.24) is 29.8 Å². The van der Waals surface area contributed by atoms with Gasteiger partial charge in [-0.05, 0) is 11.6 Å². The molecule has 0 unspecified atom stereocenters. The molecular formula is C18H18N6O2. The van der Waals surface area contributed by atoms with E-state index in [-0.39, 0.29) is 12.5 Å². The molecule has 0 saturated heterocycles. The van der Waals surface area contributed by atoms with E-state index >= 15 is 0 Å². The zero-order chi connectivity index (χ0) is 18.1. The van der Waals surface area contributed by atoms with Crippen molar-refractivity contribution in [3.8, 4) is 11.4 Å². The van der Waals surface area contributed by atoms with Crippen molar-refractivity contribution in [1.29, 1.82) is 0 Å². The summed E-state index contributed by atoms with van der Waals surface area (Å²) in [5.74, 6) is 0.717. The van der Waals surface area contributed by atoms with Crippen LogP contribution in [-0.4, -0.2) is 30.4 Å². The largest absolute Gasteiger partial charge is 0.350 e. The molecule has 26 heavy (non-hydrogen) atoms. The summed E-state index contributed by atoms with van der Waals surface area (Å²) in [5.41, 5.74) is 2.86. The fourth-order valence-electron chi connectivity index (χ4n) is 2.96. The highest BCUT2D eigenvalue weighted by Gasteiger charge is 2.13. The second-order valence-electron chi connectivity index (χ2n) is 6.15. The molecule has 4 rings (SSSR count). The average molecular weight is 350 g/mol. The van der Waals surface area contributed by atoms with Crippen molar-refractivity contribution in [3.05, 3.63) is 54.3 Å². The van der Waals surface area contributed by atoms with E-state index in [9.17, 15) is 4.79 Å². The maximum Gasteiger partial charge on any atom is 0.246 e. The second kappa shape index (κ2) is 6.47. The molecule has 3 aromatic heterocycles. The lowest BCUT2D eigenvalue weighted by Crippen LogP contribution is -2.24. The molecule has 0 fully saturated rings. The van der Waals surface area contributed by atoms with Crippen molar-refractivity contribution in [2.45, 2.75) is 13.0 Å². The Balaban J connectivity index is 1.40. The minimum absolute atomic E-state index is 0.0949. The van der Waals surface area contributed by atoms with Crippen LogP contribution in [0.25, 0.3) is 22.3 Å². The van der Waals surface area contributed by atoms with Crippen molar-refractivity contribution < 1.29 is 9.32 Å². The summed E-state index contributed by atoms with van der Waals surface area (Å²) in [4.78, 5) is 16.6. The van der Waals surface area contributed by atoms with E-state index in [1.54, 1.807) is 17.1 Å². The highest BCUT2D eigenvalue weighted by Crippen LogP contribution is 2.20. The lowest BCUT2D eigenvalue weighted by atomic mass is 10.1. The number of nitrogens with zero attached hydrogens (tertiary/aromatic N) is 5. The van der Waals surface area contributed by atoms with Crippen LogP contribution in [0.3, 0.4) is 0 Å². The predicted octanol–water partition coefficient (Wildman–Crippen LogP) is 1.82. The summed E-state index contributed by atoms with van der Waals surface area (Å²) < 4.78 is 8.87. The first-order valence-corrected chi connectivity index (χ1v) is 8.21. The van der Waals surface area contributed by atoms with E-state index in [1.807, 2.05) is 49.1 Å². The van der Waals surface area contributed by atoms with E-state index in [1.165, 1.54) is 0 Å². The molecule has 8 nitrogen and oxygen atoms in total. The van der Waals surface area contributed by atoms with Gasteiger partial charge in [-0.2, -0.15) is 10.1 Å². The number of benzene rings is 1. The predicted molar refractivity (Wildman–Crippen MR) is 95.0 cm³/mol. The Bertz CT molecular complexity index is 1070. The summed E-state index contributed by atoms with van der Waals surface area (Å²) in [6.07, 6.45) is 5.74. The van der Waals surface area contributed by atoms with Crippen LogP contribution < -0.4 is 5.32 Å². The number of amides is 1. The first kappa shape index (κ1) is 16.1. The number of hydrogen-bond donors (Lipinski definition) is 1. The van der Waals surface area contributed by atoms with Crippen molar-refractivity contribution >= 4 is 16.8 Å². The Morgan fingerprint density at radius 1 is 1.23 bits per heavy atom. The lowest BCUT2D eigenvalue weighted by molar-refractivity contribution is -0.120. The molecule has 0 atom stereocenters. The molecule has 0 radical (unpaired) electrons. The lowest BCUT2D eigenvalue weighted by Gasteiger charge is -2.01. The Morgan fingerprint density at radius 3 is 2.88 bits per heavy atom. The van der Waals surface area contributed by atoms with Crippen LogP contribution in [-0.2, 0) is 31.9 Å². The van der Waals surface area contributed by atoms with Gasteiger partial charge in [-0.15, -0.1) is 0 Å². The fraction of sp³-hybridized carbons (Fsp3) is 0.222. The third kappa shape index (κ3) is 3.08. The molecule has 1 aromatic carbocycles. The maximum absolute atomic E-state index is 12.3. The summed E-state index contributed by atoms with van der Waals surface area (Å²) in [7, 11) is 3.79. The van der Waals surface area contributed by atoms with Gasteiger partial charge in [-0.3, -0.25) is 9.48 Å². The molecule has 0 aliphatic rings. The van der Waals surface area contributed by atoms with Crippen molar-refractivity contribution in [3.63, 3.8) is 0 Å². The number of carbonyl (C=O) groups is 1. The molecule has 8 heteroatoms. The molecule has 3 heterocycles. The Hall–Kier alpha value is -3.42. The van der Waals surface area contributed by atoms with Gasteiger partial charge in [0.05, 0.1) is 24.7 Å². The summed E-state index contributed by atoms with van der Waals surface area (Å²) >= 11 is 0. The third-order valence-electron chi connectivity index (χ3n) is 4.20. The normalized spacial score (nSPS) is 11.2. The smallest absolute Gasteiger partial charge is 0.246 e. The number of fused-ring (bicyclic) bond motifs is 1. The molecule has 0 saturated carbocycles. The minimum Gasteiger partial charge on any atom is -0.350 e. The van der Waals surface area contributed by atoms with Gasteiger partial charge in [0.2, 0.25) is 17.6 Å². The van der Waals surface area contributed by atoms with E-state index in [4.69, 9.17) is 4.52 Å². The highest BCUT2D eigenvalue weighted by molar-refractivity contribution is 5.89. The minimum atomic E-state index is -0.0949. The van der Waals surface area contributed by atoms with Crippen LogP contribution in [0.4, 0.5) is 0 Å². The van der Waals surface area contributed by atoms with Gasteiger partial charge in [0.15, 0.2) is 0 Å². The van der Waals surface area contributed by atoms with Gasteiger partial charge in [-0.1, -0.05) is 23.4 Å². The van der Waals surface area contributed by atoms with Crippen LogP contribution in [0.5, 0.6) is 0 Å². The first-order valence-electron chi connectivity index (χ1n) is 8.21. The molecule has 132 valence electrons. The van der Waals surface area contributed by atoms with Gasteiger partial charge < -0.3 is 14.4 Å². The first-order chi connectivity index (χ1) is 12.6. The number of hydrogen-bond acceptors (Lipinski definition) is 5. The number of nitrogens with one attached hydrogen (secondary N) is 1. The van der Waals surface area contributed by atoms with Crippen LogP contribution >= 0.6 is 0 Å². The molecule has 0 aliphatic heterocycles. The molecule has 4 aromatic rings. The Labute approximate surface area is 149 Å². The molecule has 1 N–H and O–H groups in total. The monoisotopic (exact) mass is 350 g/mol. The SMILES string of the molecule is Cn1cc(-c2noc(CNC(=O)Cc3cn(C)c4ccccc34)n2)cn1. The van der Waals surface area contributed by atoms with Gasteiger partial charge in [-0.25, -0.2) is 0 Å². The molecule has 1 amide bonds. The van der Waals surface area contributed by atoms with Gasteiger partial charge >= 0.3 is 0 Å². The quantitative estimate of drug-likeness (QED) is 0.593. The molecular weight excluding hydrogens is 332 g/mol. The van der Waals surface area contributed by atoms with E-state index < -0.39 is 0 Å². The van der Waals surface area contributed by atoms with E-state index in [0.717, 1.165) is 22.0 Å². The van der Waals surface area contributed by atoms with Gasteiger partial charge in [0.1, 0.15) is 0 Å². The Morgan fingerprint density at radius 2 is 2.08 bits per heavy atom. The molecule has 0 aliphatic carbocycles. The third-order valence-corrected chi connectivity index (χ3v) is 4.20. The number of carbonyl (C=O) groups excluding carboxylic acids is 1. The molecule has 0 bridgehead atoms. The number of para-hydroxylation sites is 1. The summed E-state index contributed by atoms with van der Waals surface area (Å²) in [5, 5.41) is 11.9. The standard InChI is InChI=1S/C18H18N6O2/c1-23-10-12(14-5-3-4-6-15(14)23)7-16(25)19-9-17-21-18(22-26-17)13-8-20-24(2)11-13/h3-6,8,10-11H,7,9H2,1-2H3,(H,19,25). The summed E-state index contributed by atoms with van der Waals surface area (Å²) in [6.45, 7) is 0.191. The number of aromatic nitrogens is 5. The van der Waals surface area contributed by atoms with Crippen molar-refractivity contribution in [2.24, 2.45) is 14.1 Å². The van der Waals surface area contributed by atoms with Crippen LogP contribution in [0.15, 0.2) is 47.4 Å². The van der Waals surface area contributed by atoms with Crippen molar-refractivity contribution in [2.75, 3.05) is 0 Å². The fourth-order valence-corrected chi connectivity index (χ4v) is 2.96. The number of aryl methyl sites for hydroxylation is 2. The maximum atomic E-state index is 12.3. The van der Waals surface area contributed by atoms with Crippen LogP contribution in [0.2, 0.25) is 0 Å². The second-order valence-corrected chi connectivity index (χ2v) is 6.15. The zero-order valence-electron chi connectivity index (χ0n) is 14.5. The van der Waals surface area contributed by atoms with Gasteiger partial charge in [0.25, 0.3) is 0 Å². The van der Waals surface area contributed by atoms with E-state index in [0.29, 0.717) is 18.1 Å². The van der Waals surface area contributed by atoms with Crippen LogP contribution in [0.1, 0.15) is 11.5 Å².